The van der Waals surface area contributed by atoms with Gasteiger partial charge in [-0.2, -0.15) is 4.98 Å². The van der Waals surface area contributed by atoms with Gasteiger partial charge in [-0.25, -0.2) is 9.78 Å². The highest BCUT2D eigenvalue weighted by molar-refractivity contribution is 5.90. The van der Waals surface area contributed by atoms with Gasteiger partial charge < -0.3 is 10.1 Å². The molecule has 1 fully saturated rings. The number of rotatable bonds is 4. The third kappa shape index (κ3) is 4.17. The fourth-order valence-electron chi connectivity index (χ4n) is 5.46. The maximum Gasteiger partial charge on any atom is 0.384 e. The van der Waals surface area contributed by atoms with Crippen LogP contribution >= 0.6 is 0 Å². The van der Waals surface area contributed by atoms with Crippen LogP contribution in [-0.2, 0) is 13.0 Å². The van der Waals surface area contributed by atoms with Crippen LogP contribution in [0.25, 0.3) is 22.2 Å². The molecular formula is C28H29N5O2. The molecule has 0 aliphatic carbocycles. The normalized spacial score (nSPS) is 16.4. The van der Waals surface area contributed by atoms with Gasteiger partial charge in [0.15, 0.2) is 5.65 Å². The van der Waals surface area contributed by atoms with Crippen LogP contribution in [0, 0.1) is 0 Å². The average molecular weight is 468 g/mol. The van der Waals surface area contributed by atoms with Gasteiger partial charge in [0.25, 0.3) is 0 Å². The quantitative estimate of drug-likeness (QED) is 0.436. The predicted octanol–water partition coefficient (Wildman–Crippen LogP) is 4.77. The summed E-state index contributed by atoms with van der Waals surface area (Å²) in [5.41, 5.74) is 5.58. The van der Waals surface area contributed by atoms with Crippen LogP contribution < -0.4 is 10.6 Å². The fraction of sp³-hybridized carbons (Fsp3) is 0.321. The van der Waals surface area contributed by atoms with Crippen LogP contribution in [0.1, 0.15) is 36.8 Å². The largest absolute Gasteiger partial charge is 0.422 e. The number of benzene rings is 2. The Morgan fingerprint density at radius 3 is 2.63 bits per heavy atom. The summed E-state index contributed by atoms with van der Waals surface area (Å²) in [5, 5.41) is 10.8. The Hall–Kier alpha value is -3.71. The van der Waals surface area contributed by atoms with E-state index >= 15 is 0 Å². The lowest BCUT2D eigenvalue weighted by Gasteiger charge is -2.31. The van der Waals surface area contributed by atoms with Crippen molar-refractivity contribution < 1.29 is 5.21 Å². The van der Waals surface area contributed by atoms with E-state index in [0.29, 0.717) is 15.9 Å². The van der Waals surface area contributed by atoms with Crippen molar-refractivity contribution >= 4 is 22.5 Å². The lowest BCUT2D eigenvalue weighted by atomic mass is 9.95. The molecule has 0 amide bonds. The van der Waals surface area contributed by atoms with Gasteiger partial charge in [-0.1, -0.05) is 30.7 Å². The number of pyridine rings is 1. The Morgan fingerprint density at radius 1 is 0.886 bits per heavy atom. The van der Waals surface area contributed by atoms with Crippen molar-refractivity contribution in [3.8, 4) is 11.1 Å². The Morgan fingerprint density at radius 2 is 1.74 bits per heavy atom. The zero-order valence-corrected chi connectivity index (χ0v) is 19.7. The highest BCUT2D eigenvalue weighted by Crippen LogP contribution is 2.37. The van der Waals surface area contributed by atoms with E-state index in [4.69, 9.17) is 0 Å². The second kappa shape index (κ2) is 9.15. The molecule has 2 aromatic carbocycles. The van der Waals surface area contributed by atoms with E-state index in [-0.39, 0.29) is 5.65 Å². The summed E-state index contributed by atoms with van der Waals surface area (Å²) in [5.74, 6) is 0.542. The van der Waals surface area contributed by atoms with Gasteiger partial charge in [0, 0.05) is 25.0 Å². The standard InChI is InChI=1S/C28H29N5O2/c34-28-30-27(24-10-5-13-29-26(24)33(28)35)32-16-6-9-23-18-22(11-12-25(23)32)21-8-4-7-20(17-21)19-31-14-2-1-3-15-31/h4-5,7-8,10-13,17-18,35H,1-3,6,9,14-16,19H2. The van der Waals surface area contributed by atoms with E-state index in [1.807, 2.05) is 6.07 Å². The first-order chi connectivity index (χ1) is 17.2. The molecule has 1 saturated heterocycles. The first-order valence-electron chi connectivity index (χ1n) is 12.5. The molecule has 0 saturated carbocycles. The molecule has 0 atom stereocenters. The molecule has 4 heterocycles. The molecule has 2 aliphatic heterocycles. The fourth-order valence-corrected chi connectivity index (χ4v) is 5.46. The number of aromatic nitrogens is 3. The summed E-state index contributed by atoms with van der Waals surface area (Å²) in [4.78, 5) is 25.4. The van der Waals surface area contributed by atoms with E-state index in [1.165, 1.54) is 54.6 Å². The van der Waals surface area contributed by atoms with Crippen molar-refractivity contribution in [2.45, 2.75) is 38.6 Å². The summed E-state index contributed by atoms with van der Waals surface area (Å²) in [6.45, 7) is 4.15. The molecule has 178 valence electrons. The third-order valence-electron chi connectivity index (χ3n) is 7.18. The third-order valence-corrected chi connectivity index (χ3v) is 7.18. The lowest BCUT2D eigenvalue weighted by Crippen LogP contribution is -2.30. The average Bonchev–Trinajstić information content (AvgIpc) is 2.91. The summed E-state index contributed by atoms with van der Waals surface area (Å²) in [6.07, 6.45) is 7.44. The van der Waals surface area contributed by atoms with Crippen LogP contribution in [0.3, 0.4) is 0 Å². The molecule has 7 nitrogen and oxygen atoms in total. The maximum atomic E-state index is 12.4. The molecule has 7 heteroatoms. The minimum atomic E-state index is -0.722. The molecular weight excluding hydrogens is 438 g/mol. The number of nitrogens with zero attached hydrogens (tertiary/aromatic N) is 5. The summed E-state index contributed by atoms with van der Waals surface area (Å²) < 4.78 is 0.518. The summed E-state index contributed by atoms with van der Waals surface area (Å²) >= 11 is 0. The summed E-state index contributed by atoms with van der Waals surface area (Å²) in [7, 11) is 0. The Balaban J connectivity index is 1.34. The van der Waals surface area contributed by atoms with Gasteiger partial charge in [0.2, 0.25) is 0 Å². The highest BCUT2D eigenvalue weighted by Gasteiger charge is 2.23. The molecule has 4 aromatic rings. The maximum absolute atomic E-state index is 12.4. The molecule has 2 aromatic heterocycles. The van der Waals surface area contributed by atoms with Crippen LogP contribution in [0.2, 0.25) is 0 Å². The van der Waals surface area contributed by atoms with Crippen molar-refractivity contribution in [1.82, 2.24) is 19.6 Å². The topological polar surface area (TPSA) is 74.5 Å². The number of hydrogen-bond donors (Lipinski definition) is 1. The number of anilines is 2. The van der Waals surface area contributed by atoms with E-state index in [9.17, 15) is 10.0 Å². The van der Waals surface area contributed by atoms with E-state index in [1.54, 1.807) is 12.3 Å². The summed E-state index contributed by atoms with van der Waals surface area (Å²) in [6, 6.07) is 19.1. The molecule has 0 spiro atoms. The minimum Gasteiger partial charge on any atom is -0.422 e. The van der Waals surface area contributed by atoms with E-state index < -0.39 is 5.69 Å². The van der Waals surface area contributed by atoms with Gasteiger partial charge in [-0.05, 0) is 91.4 Å². The Bertz CT molecular complexity index is 1440. The van der Waals surface area contributed by atoms with Crippen LogP contribution in [-0.4, -0.2) is 44.4 Å². The first-order valence-corrected chi connectivity index (χ1v) is 12.5. The second-order valence-corrected chi connectivity index (χ2v) is 9.54. The van der Waals surface area contributed by atoms with Gasteiger partial charge in [-0.15, -0.1) is 4.73 Å². The van der Waals surface area contributed by atoms with Crippen molar-refractivity contribution in [2.75, 3.05) is 24.5 Å². The van der Waals surface area contributed by atoms with E-state index in [2.05, 4.69) is 62.2 Å². The monoisotopic (exact) mass is 467 g/mol. The molecule has 1 N–H and O–H groups in total. The van der Waals surface area contributed by atoms with Gasteiger partial charge in [0.1, 0.15) is 5.82 Å². The van der Waals surface area contributed by atoms with Crippen molar-refractivity contribution in [1.29, 1.82) is 0 Å². The first kappa shape index (κ1) is 21.8. The molecule has 0 radical (unpaired) electrons. The van der Waals surface area contributed by atoms with E-state index in [0.717, 1.165) is 31.6 Å². The lowest BCUT2D eigenvalue weighted by molar-refractivity contribution is 0.182. The number of piperidine rings is 1. The smallest absolute Gasteiger partial charge is 0.384 e. The SMILES string of the molecule is O=c1nc(N2CCCc3cc(-c4cccc(CN5CCCCC5)c4)ccc32)c2cccnc2n1O. The minimum absolute atomic E-state index is 0.219. The van der Waals surface area contributed by atoms with Gasteiger partial charge in [0.05, 0.1) is 5.39 Å². The van der Waals surface area contributed by atoms with Crippen LogP contribution in [0.4, 0.5) is 11.5 Å². The van der Waals surface area contributed by atoms with Crippen molar-refractivity contribution in [2.24, 2.45) is 0 Å². The zero-order chi connectivity index (χ0) is 23.8. The number of likely N-dealkylation sites (tertiary alicyclic amines) is 1. The van der Waals surface area contributed by atoms with Crippen molar-refractivity contribution in [3.63, 3.8) is 0 Å². The molecule has 6 rings (SSSR count). The van der Waals surface area contributed by atoms with Crippen LogP contribution in [0.15, 0.2) is 65.6 Å². The number of hydrogen-bond acceptors (Lipinski definition) is 6. The number of fused-ring (bicyclic) bond motifs is 2. The Kier molecular flexibility index (Phi) is 5.70. The molecule has 2 aliphatic rings. The zero-order valence-electron chi connectivity index (χ0n) is 19.7. The van der Waals surface area contributed by atoms with Crippen LogP contribution in [0.5, 0.6) is 0 Å². The van der Waals surface area contributed by atoms with Gasteiger partial charge in [-0.3, -0.25) is 4.90 Å². The second-order valence-electron chi connectivity index (χ2n) is 9.54. The highest BCUT2D eigenvalue weighted by atomic mass is 16.5. The predicted molar refractivity (Wildman–Crippen MR) is 137 cm³/mol. The Labute approximate surface area is 204 Å². The van der Waals surface area contributed by atoms with Gasteiger partial charge >= 0.3 is 5.69 Å². The van der Waals surface area contributed by atoms with Crippen molar-refractivity contribution in [3.05, 3.63) is 82.4 Å². The molecule has 0 unspecified atom stereocenters. The molecule has 35 heavy (non-hydrogen) atoms. The number of aryl methyl sites for hydroxylation is 1. The molecule has 0 bridgehead atoms.